The number of carboxylic acids is 1. The summed E-state index contributed by atoms with van der Waals surface area (Å²) in [6.07, 6.45) is -1.32. The molecular formula is C13H15NO5. The molecule has 1 heterocycles. The summed E-state index contributed by atoms with van der Waals surface area (Å²) in [6, 6.07) is 9.20. The fraction of sp³-hybridized carbons (Fsp3) is 0.385. The Balaban J connectivity index is 1.93. The lowest BCUT2D eigenvalue weighted by Gasteiger charge is -2.31. The van der Waals surface area contributed by atoms with Crippen molar-refractivity contribution in [2.45, 2.75) is 19.3 Å². The molecule has 2 rings (SSSR count). The van der Waals surface area contributed by atoms with Crippen LogP contribution in [-0.2, 0) is 20.9 Å². The second kappa shape index (κ2) is 6.19. The summed E-state index contributed by atoms with van der Waals surface area (Å²) < 4.78 is 10.1. The van der Waals surface area contributed by atoms with E-state index >= 15 is 0 Å². The minimum Gasteiger partial charge on any atom is -0.478 e. The van der Waals surface area contributed by atoms with Gasteiger partial charge in [0.15, 0.2) is 0 Å². The molecule has 102 valence electrons. The van der Waals surface area contributed by atoms with Crippen LogP contribution >= 0.6 is 0 Å². The fourth-order valence-electron chi connectivity index (χ4n) is 1.83. The van der Waals surface area contributed by atoms with Gasteiger partial charge in [0.05, 0.1) is 6.61 Å². The predicted octanol–water partition coefficient (Wildman–Crippen LogP) is 1.46. The molecular weight excluding hydrogens is 250 g/mol. The van der Waals surface area contributed by atoms with Gasteiger partial charge in [-0.1, -0.05) is 30.3 Å². The molecule has 1 N–H and O–H groups in total. The van der Waals surface area contributed by atoms with E-state index in [1.54, 1.807) is 0 Å². The number of carbonyl (C=O) groups is 2. The maximum Gasteiger partial charge on any atom is 0.412 e. The van der Waals surface area contributed by atoms with Crippen molar-refractivity contribution in [1.29, 1.82) is 0 Å². The minimum absolute atomic E-state index is 0.114. The second-order valence-electron chi connectivity index (χ2n) is 4.15. The van der Waals surface area contributed by atoms with Gasteiger partial charge in [0.25, 0.3) is 0 Å². The zero-order valence-electron chi connectivity index (χ0n) is 10.3. The van der Waals surface area contributed by atoms with E-state index in [1.807, 2.05) is 30.3 Å². The monoisotopic (exact) mass is 265 g/mol. The van der Waals surface area contributed by atoms with Crippen LogP contribution in [0.3, 0.4) is 0 Å². The van der Waals surface area contributed by atoms with E-state index in [4.69, 9.17) is 14.6 Å². The molecule has 1 fully saturated rings. The lowest BCUT2D eigenvalue weighted by atomic mass is 10.2. The molecule has 1 saturated heterocycles. The molecule has 0 spiro atoms. The SMILES string of the molecule is O=C(O)[C@@H]1OCCCN1C(=O)OCc1ccccc1. The number of carbonyl (C=O) groups excluding carboxylic acids is 1. The van der Waals surface area contributed by atoms with E-state index in [0.29, 0.717) is 19.6 Å². The summed E-state index contributed by atoms with van der Waals surface area (Å²) >= 11 is 0. The first kappa shape index (κ1) is 13.4. The molecule has 0 aromatic heterocycles. The average Bonchev–Trinajstić information content (AvgIpc) is 2.46. The molecule has 1 aliphatic rings. The first-order valence-corrected chi connectivity index (χ1v) is 6.00. The van der Waals surface area contributed by atoms with E-state index in [1.165, 1.54) is 0 Å². The number of amides is 1. The standard InChI is InChI=1S/C13H15NO5/c15-12(16)11-14(7-4-8-18-11)13(17)19-9-10-5-2-1-3-6-10/h1-3,5-6,11H,4,7-9H2,(H,15,16)/t11-/m0/s1. The van der Waals surface area contributed by atoms with Crippen molar-refractivity contribution in [2.75, 3.05) is 13.2 Å². The summed E-state index contributed by atoms with van der Waals surface area (Å²) in [5.74, 6) is -1.18. The topological polar surface area (TPSA) is 76.1 Å². The number of ether oxygens (including phenoxy) is 2. The fourth-order valence-corrected chi connectivity index (χ4v) is 1.83. The lowest BCUT2D eigenvalue weighted by molar-refractivity contribution is -0.168. The number of nitrogens with zero attached hydrogens (tertiary/aromatic N) is 1. The van der Waals surface area contributed by atoms with Gasteiger partial charge in [-0.05, 0) is 12.0 Å². The van der Waals surface area contributed by atoms with Crippen LogP contribution in [0.5, 0.6) is 0 Å². The lowest BCUT2D eigenvalue weighted by Crippen LogP contribution is -2.50. The van der Waals surface area contributed by atoms with Gasteiger partial charge in [0.2, 0.25) is 6.23 Å². The Morgan fingerprint density at radius 3 is 2.79 bits per heavy atom. The Hall–Kier alpha value is -2.08. The maximum absolute atomic E-state index is 11.8. The number of carboxylic acid groups (broad SMARTS) is 1. The highest BCUT2D eigenvalue weighted by Gasteiger charge is 2.34. The highest BCUT2D eigenvalue weighted by atomic mass is 16.6. The summed E-state index contributed by atoms with van der Waals surface area (Å²) in [5, 5.41) is 8.97. The largest absolute Gasteiger partial charge is 0.478 e. The van der Waals surface area contributed by atoms with Gasteiger partial charge in [-0.3, -0.25) is 4.90 Å². The third kappa shape index (κ3) is 3.45. The van der Waals surface area contributed by atoms with Crippen molar-refractivity contribution in [1.82, 2.24) is 4.90 Å². The Bertz CT molecular complexity index is 448. The van der Waals surface area contributed by atoms with Crippen molar-refractivity contribution < 1.29 is 24.2 Å². The molecule has 0 bridgehead atoms. The van der Waals surface area contributed by atoms with Crippen molar-refractivity contribution >= 4 is 12.1 Å². The molecule has 19 heavy (non-hydrogen) atoms. The summed E-state index contributed by atoms with van der Waals surface area (Å²) in [4.78, 5) is 23.9. The van der Waals surface area contributed by atoms with Gasteiger partial charge in [0.1, 0.15) is 6.61 Å². The molecule has 6 nitrogen and oxygen atoms in total. The molecule has 1 amide bonds. The van der Waals surface area contributed by atoms with Crippen LogP contribution in [0.4, 0.5) is 4.79 Å². The third-order valence-electron chi connectivity index (χ3n) is 2.75. The van der Waals surface area contributed by atoms with Gasteiger partial charge in [-0.2, -0.15) is 0 Å². The van der Waals surface area contributed by atoms with E-state index in [9.17, 15) is 9.59 Å². The minimum atomic E-state index is -1.25. The number of benzene rings is 1. The highest BCUT2D eigenvalue weighted by Crippen LogP contribution is 2.13. The Kier molecular flexibility index (Phi) is 4.35. The molecule has 1 aliphatic heterocycles. The van der Waals surface area contributed by atoms with Gasteiger partial charge in [-0.25, -0.2) is 9.59 Å². The van der Waals surface area contributed by atoms with E-state index in [-0.39, 0.29) is 6.61 Å². The molecule has 0 radical (unpaired) electrons. The van der Waals surface area contributed by atoms with Gasteiger partial charge < -0.3 is 14.6 Å². The zero-order chi connectivity index (χ0) is 13.7. The first-order chi connectivity index (χ1) is 9.18. The Morgan fingerprint density at radius 2 is 2.11 bits per heavy atom. The van der Waals surface area contributed by atoms with Crippen LogP contribution in [0.25, 0.3) is 0 Å². The van der Waals surface area contributed by atoms with Crippen LogP contribution in [0.2, 0.25) is 0 Å². The summed E-state index contributed by atoms with van der Waals surface area (Å²) in [5.41, 5.74) is 0.848. The molecule has 1 aromatic rings. The van der Waals surface area contributed by atoms with Crippen LogP contribution in [0.15, 0.2) is 30.3 Å². The van der Waals surface area contributed by atoms with Crippen molar-refractivity contribution in [3.63, 3.8) is 0 Å². The Labute approximate surface area is 110 Å². The average molecular weight is 265 g/mol. The number of aliphatic carboxylic acids is 1. The second-order valence-corrected chi connectivity index (χ2v) is 4.15. The van der Waals surface area contributed by atoms with E-state index in [0.717, 1.165) is 10.5 Å². The van der Waals surface area contributed by atoms with Crippen LogP contribution < -0.4 is 0 Å². The summed E-state index contributed by atoms with van der Waals surface area (Å²) in [7, 11) is 0. The quantitative estimate of drug-likeness (QED) is 0.895. The molecule has 0 saturated carbocycles. The molecule has 6 heteroatoms. The molecule has 1 aromatic carbocycles. The molecule has 0 unspecified atom stereocenters. The van der Waals surface area contributed by atoms with Gasteiger partial charge in [0, 0.05) is 6.54 Å². The van der Waals surface area contributed by atoms with Crippen LogP contribution in [-0.4, -0.2) is 41.4 Å². The summed E-state index contributed by atoms with van der Waals surface area (Å²) in [6.45, 7) is 0.770. The Morgan fingerprint density at radius 1 is 1.37 bits per heavy atom. The predicted molar refractivity (Wildman–Crippen MR) is 65.3 cm³/mol. The maximum atomic E-state index is 11.8. The third-order valence-corrected chi connectivity index (χ3v) is 2.75. The first-order valence-electron chi connectivity index (χ1n) is 6.00. The van der Waals surface area contributed by atoms with E-state index < -0.39 is 18.3 Å². The normalized spacial score (nSPS) is 18.9. The van der Waals surface area contributed by atoms with E-state index in [2.05, 4.69) is 0 Å². The smallest absolute Gasteiger partial charge is 0.412 e. The van der Waals surface area contributed by atoms with Crippen molar-refractivity contribution in [2.24, 2.45) is 0 Å². The highest BCUT2D eigenvalue weighted by molar-refractivity contribution is 5.78. The number of hydrogen-bond donors (Lipinski definition) is 1. The zero-order valence-corrected chi connectivity index (χ0v) is 10.3. The van der Waals surface area contributed by atoms with Gasteiger partial charge in [-0.15, -0.1) is 0 Å². The molecule has 1 atom stereocenters. The molecule has 0 aliphatic carbocycles. The van der Waals surface area contributed by atoms with Crippen LogP contribution in [0.1, 0.15) is 12.0 Å². The number of hydrogen-bond acceptors (Lipinski definition) is 4. The number of rotatable bonds is 3. The van der Waals surface area contributed by atoms with Gasteiger partial charge >= 0.3 is 12.1 Å². The van der Waals surface area contributed by atoms with Crippen molar-refractivity contribution in [3.05, 3.63) is 35.9 Å². The van der Waals surface area contributed by atoms with Crippen LogP contribution in [0, 0.1) is 0 Å². The van der Waals surface area contributed by atoms with Crippen molar-refractivity contribution in [3.8, 4) is 0 Å².